The molecule has 0 aromatic carbocycles. The van der Waals surface area contributed by atoms with Gasteiger partial charge in [0.15, 0.2) is 0 Å². The summed E-state index contributed by atoms with van der Waals surface area (Å²) < 4.78 is 190. The fourth-order valence-corrected chi connectivity index (χ4v) is 1.93. The van der Waals surface area contributed by atoms with Crippen LogP contribution in [0.3, 0.4) is 0 Å². The second-order valence-corrected chi connectivity index (χ2v) is 6.49. The Morgan fingerprint density at radius 2 is 1.04 bits per heavy atom. The molecule has 4 nitrogen and oxygen atoms in total. The Bertz CT molecular complexity index is 643. The van der Waals surface area contributed by atoms with Crippen LogP contribution in [-0.4, -0.2) is 50.8 Å². The minimum Gasteiger partial charge on any atom is -0.258 e. The highest BCUT2D eigenvalue weighted by Gasteiger charge is 2.90. The second-order valence-electron chi connectivity index (χ2n) is 5.27. The lowest BCUT2D eigenvalue weighted by Gasteiger charge is -2.39. The number of unbranched alkanes of at least 4 members (excludes halogenated alkanes) is 1. The molecule has 0 saturated heterocycles. The van der Waals surface area contributed by atoms with E-state index >= 15 is 0 Å². The van der Waals surface area contributed by atoms with Gasteiger partial charge in [-0.3, -0.25) is 4.18 Å². The van der Waals surface area contributed by atoms with E-state index in [0.29, 0.717) is 0 Å². The molecular formula is C10H10F13NO3S. The van der Waals surface area contributed by atoms with Gasteiger partial charge < -0.3 is 0 Å². The molecule has 0 aliphatic heterocycles. The number of halogens is 13. The van der Waals surface area contributed by atoms with E-state index in [1.165, 1.54) is 0 Å². The number of alkyl halides is 13. The first-order valence-corrected chi connectivity index (χ1v) is 8.06. The van der Waals surface area contributed by atoms with Gasteiger partial charge in [0.2, 0.25) is 0 Å². The van der Waals surface area contributed by atoms with Crippen LogP contribution >= 0.6 is 0 Å². The van der Waals surface area contributed by atoms with Crippen LogP contribution in [0.15, 0.2) is 0 Å². The molecule has 0 bridgehead atoms. The summed E-state index contributed by atoms with van der Waals surface area (Å²) >= 11 is 0. The van der Waals surface area contributed by atoms with Gasteiger partial charge in [-0.15, -0.1) is 0 Å². The maximum absolute atomic E-state index is 13.3. The quantitative estimate of drug-likeness (QED) is 0.385. The van der Waals surface area contributed by atoms with E-state index in [1.54, 1.807) is 0 Å². The van der Waals surface area contributed by atoms with Gasteiger partial charge in [-0.2, -0.15) is 65.5 Å². The maximum atomic E-state index is 13.3. The standard InChI is InChI=1S/C10H10F13NO3S/c11-5(12,3-1-2-4-27-28(24,25)26)6(13,14)7(15,16)8(17,18)9(19,20)10(21,22)23/h1-4H2,(H2,24,25,26). The average Bonchev–Trinajstić information content (AvgIpc) is 2.43. The lowest BCUT2D eigenvalue weighted by Crippen LogP contribution is -2.70. The van der Waals surface area contributed by atoms with Gasteiger partial charge in [0.05, 0.1) is 6.61 Å². The van der Waals surface area contributed by atoms with Crippen molar-refractivity contribution >= 4 is 10.3 Å². The minimum absolute atomic E-state index is 0.886. The Hall–Kier alpha value is -1.04. The molecule has 170 valence electrons. The van der Waals surface area contributed by atoms with Crippen molar-refractivity contribution in [1.29, 1.82) is 0 Å². The van der Waals surface area contributed by atoms with Gasteiger partial charge in [0.1, 0.15) is 0 Å². The SMILES string of the molecule is NS(=O)(=O)OCCCCC(F)(F)C(F)(F)C(F)(F)C(F)(F)C(F)(F)C(F)(F)F. The second kappa shape index (κ2) is 7.66. The zero-order valence-electron chi connectivity index (χ0n) is 13.0. The van der Waals surface area contributed by atoms with Gasteiger partial charge in [-0.25, -0.2) is 5.14 Å². The first-order chi connectivity index (χ1) is 12.0. The summed E-state index contributed by atoms with van der Waals surface area (Å²) in [7, 11) is -4.59. The van der Waals surface area contributed by atoms with Crippen molar-refractivity contribution < 1.29 is 69.7 Å². The van der Waals surface area contributed by atoms with E-state index in [4.69, 9.17) is 0 Å². The molecule has 18 heteroatoms. The summed E-state index contributed by atoms with van der Waals surface area (Å²) in [5.74, 6) is -37.1. The molecule has 0 heterocycles. The molecule has 0 saturated carbocycles. The van der Waals surface area contributed by atoms with Gasteiger partial charge in [-0.05, 0) is 12.8 Å². The molecule has 0 rings (SSSR count). The molecule has 0 aromatic heterocycles. The van der Waals surface area contributed by atoms with E-state index in [0.717, 1.165) is 0 Å². The van der Waals surface area contributed by atoms with Crippen LogP contribution in [0.4, 0.5) is 57.1 Å². The lowest BCUT2D eigenvalue weighted by molar-refractivity contribution is -0.440. The highest BCUT2D eigenvalue weighted by atomic mass is 32.2. The van der Waals surface area contributed by atoms with Crippen molar-refractivity contribution in [2.45, 2.75) is 55.1 Å². The van der Waals surface area contributed by atoms with Crippen LogP contribution in [0, 0.1) is 0 Å². The normalized spacial score (nSPS) is 15.8. The molecule has 0 fully saturated rings. The molecule has 28 heavy (non-hydrogen) atoms. The Morgan fingerprint density at radius 3 is 1.39 bits per heavy atom. The van der Waals surface area contributed by atoms with E-state index < -0.39 is 72.0 Å². The average molecular weight is 471 g/mol. The van der Waals surface area contributed by atoms with Crippen LogP contribution in [0.5, 0.6) is 0 Å². The molecule has 0 atom stereocenters. The Labute approximate surface area is 148 Å². The minimum atomic E-state index is -7.94. The summed E-state index contributed by atoms with van der Waals surface area (Å²) in [5.41, 5.74) is 0. The summed E-state index contributed by atoms with van der Waals surface area (Å²) in [6, 6.07) is 0. The fourth-order valence-electron chi connectivity index (χ4n) is 1.58. The van der Waals surface area contributed by atoms with E-state index in [1.807, 2.05) is 0 Å². The van der Waals surface area contributed by atoms with Crippen molar-refractivity contribution in [3.8, 4) is 0 Å². The van der Waals surface area contributed by atoms with E-state index in [-0.39, 0.29) is 0 Å². The monoisotopic (exact) mass is 471 g/mol. The number of rotatable bonds is 10. The molecule has 0 aliphatic carbocycles. The smallest absolute Gasteiger partial charge is 0.258 e. The largest absolute Gasteiger partial charge is 0.460 e. The third kappa shape index (κ3) is 4.92. The molecular weight excluding hydrogens is 461 g/mol. The van der Waals surface area contributed by atoms with E-state index in [2.05, 4.69) is 9.32 Å². The Kier molecular flexibility index (Phi) is 7.37. The maximum Gasteiger partial charge on any atom is 0.460 e. The van der Waals surface area contributed by atoms with Gasteiger partial charge in [-0.1, -0.05) is 0 Å². The molecule has 0 unspecified atom stereocenters. The molecule has 2 N–H and O–H groups in total. The topological polar surface area (TPSA) is 69.4 Å². The number of hydrogen-bond donors (Lipinski definition) is 1. The molecule has 0 amide bonds. The lowest BCUT2D eigenvalue weighted by atomic mass is 9.92. The van der Waals surface area contributed by atoms with Gasteiger partial charge in [0.25, 0.3) is 0 Å². The highest BCUT2D eigenvalue weighted by molar-refractivity contribution is 7.84. The Morgan fingerprint density at radius 1 is 0.643 bits per heavy atom. The summed E-state index contributed by atoms with van der Waals surface area (Å²) in [6.45, 7) is -1.03. The van der Waals surface area contributed by atoms with Gasteiger partial charge in [0, 0.05) is 6.42 Å². The van der Waals surface area contributed by atoms with Crippen LogP contribution in [-0.2, 0) is 14.5 Å². The van der Waals surface area contributed by atoms with Gasteiger partial charge >= 0.3 is 46.1 Å². The van der Waals surface area contributed by atoms with Crippen molar-refractivity contribution in [2.24, 2.45) is 5.14 Å². The van der Waals surface area contributed by atoms with Crippen molar-refractivity contribution in [1.82, 2.24) is 0 Å². The summed E-state index contributed by atoms with van der Waals surface area (Å²) in [5, 5.41) is 4.29. The molecule has 0 radical (unpaired) electrons. The zero-order valence-corrected chi connectivity index (χ0v) is 13.8. The Balaban J connectivity index is 5.56. The van der Waals surface area contributed by atoms with Crippen molar-refractivity contribution in [3.63, 3.8) is 0 Å². The predicted molar refractivity (Wildman–Crippen MR) is 63.7 cm³/mol. The third-order valence-corrected chi connectivity index (χ3v) is 3.63. The van der Waals surface area contributed by atoms with Crippen LogP contribution in [0.25, 0.3) is 0 Å². The van der Waals surface area contributed by atoms with Crippen LogP contribution < -0.4 is 5.14 Å². The zero-order chi connectivity index (χ0) is 23.0. The van der Waals surface area contributed by atoms with Crippen LogP contribution in [0.2, 0.25) is 0 Å². The predicted octanol–water partition coefficient (Wildman–Crippen LogP) is 4.12. The highest BCUT2D eigenvalue weighted by Crippen LogP contribution is 2.60. The summed E-state index contributed by atoms with van der Waals surface area (Å²) in [6.07, 6.45) is -12.1. The fraction of sp³-hybridized carbons (Fsp3) is 1.00. The third-order valence-electron chi connectivity index (χ3n) is 3.13. The first kappa shape index (κ1) is 27.0. The van der Waals surface area contributed by atoms with Crippen molar-refractivity contribution in [2.75, 3.05) is 6.61 Å². The van der Waals surface area contributed by atoms with E-state index in [9.17, 15) is 65.5 Å². The molecule has 0 aromatic rings. The summed E-state index contributed by atoms with van der Waals surface area (Å²) in [4.78, 5) is 0. The number of hydrogen-bond acceptors (Lipinski definition) is 3. The number of nitrogens with two attached hydrogens (primary N) is 1. The molecule has 0 aliphatic rings. The van der Waals surface area contributed by atoms with Crippen LogP contribution in [0.1, 0.15) is 19.3 Å². The first-order valence-electron chi connectivity index (χ1n) is 6.58. The van der Waals surface area contributed by atoms with Crippen molar-refractivity contribution in [3.05, 3.63) is 0 Å². The molecule has 0 spiro atoms.